The molecule has 4 aromatic rings. The first-order valence-corrected chi connectivity index (χ1v) is 10.5. The number of amides is 1. The molecule has 2 aromatic heterocycles. The second-order valence-electron chi connectivity index (χ2n) is 7.43. The number of H-pyrrole nitrogens is 1. The number of nitro benzene ring substituents is 1. The fraction of sp³-hybridized carbons (Fsp3) is 0.190. The topological polar surface area (TPSA) is 110 Å². The summed E-state index contributed by atoms with van der Waals surface area (Å²) in [5.41, 5.74) is 4.51. The predicted octanol–water partition coefficient (Wildman–Crippen LogP) is 3.93. The molecule has 1 N–H and O–H groups in total. The Morgan fingerprint density at radius 3 is 2.87 bits per heavy atom. The highest BCUT2D eigenvalue weighted by Crippen LogP contribution is 2.32. The lowest BCUT2D eigenvalue weighted by Gasteiger charge is -2.26. The lowest BCUT2D eigenvalue weighted by Crippen LogP contribution is -2.36. The fourth-order valence-electron chi connectivity index (χ4n) is 4.04. The van der Waals surface area contributed by atoms with Crippen LogP contribution in [0.1, 0.15) is 27.4 Å². The van der Waals surface area contributed by atoms with Gasteiger partial charge in [-0.15, -0.1) is 5.10 Å². The molecule has 10 heteroatoms. The van der Waals surface area contributed by atoms with Crippen LogP contribution in [-0.4, -0.2) is 42.3 Å². The van der Waals surface area contributed by atoms with Gasteiger partial charge in [-0.25, -0.2) is 4.68 Å². The molecule has 0 atom stereocenters. The minimum atomic E-state index is -0.466. The van der Waals surface area contributed by atoms with E-state index in [1.807, 2.05) is 18.2 Å². The third-order valence-corrected chi connectivity index (χ3v) is 6.29. The van der Waals surface area contributed by atoms with E-state index in [-0.39, 0.29) is 17.3 Å². The molecule has 3 heterocycles. The van der Waals surface area contributed by atoms with Crippen LogP contribution < -0.4 is 0 Å². The Labute approximate surface area is 184 Å². The molecule has 9 nitrogen and oxygen atoms in total. The first-order valence-electron chi connectivity index (χ1n) is 9.68. The summed E-state index contributed by atoms with van der Waals surface area (Å²) in [6, 6.07) is 12.1. The maximum Gasteiger partial charge on any atom is 0.276 e. The van der Waals surface area contributed by atoms with E-state index in [4.69, 9.17) is 0 Å². The number of fused-ring (bicyclic) bond motifs is 3. The van der Waals surface area contributed by atoms with Crippen molar-refractivity contribution < 1.29 is 9.72 Å². The number of aromatic nitrogens is 4. The molecular formula is C21H17BrN6O3. The van der Waals surface area contributed by atoms with Crippen molar-refractivity contribution in [1.29, 1.82) is 0 Å². The number of benzene rings is 2. The smallest absolute Gasteiger partial charge is 0.276 e. The summed E-state index contributed by atoms with van der Waals surface area (Å²) < 4.78 is 2.45. The van der Waals surface area contributed by atoms with Crippen LogP contribution in [0.5, 0.6) is 0 Å². The highest BCUT2D eigenvalue weighted by atomic mass is 79.9. The molecule has 5 rings (SSSR count). The SMILES string of the molecule is Cc1c(C(=O)N2CCc3[nH]c4c(Br)cccc4c3C2)nnn1-c1cccc([N+](=O)[O-])c1. The monoisotopic (exact) mass is 480 g/mol. The van der Waals surface area contributed by atoms with Crippen molar-refractivity contribution in [2.24, 2.45) is 0 Å². The molecule has 0 saturated heterocycles. The van der Waals surface area contributed by atoms with E-state index < -0.39 is 4.92 Å². The van der Waals surface area contributed by atoms with E-state index in [2.05, 4.69) is 31.2 Å². The summed E-state index contributed by atoms with van der Waals surface area (Å²) in [5, 5.41) is 20.4. The number of para-hydroxylation sites is 1. The molecule has 0 unspecified atom stereocenters. The quantitative estimate of drug-likeness (QED) is 0.352. The minimum Gasteiger partial charge on any atom is -0.357 e. The largest absolute Gasteiger partial charge is 0.357 e. The van der Waals surface area contributed by atoms with Gasteiger partial charge in [0.25, 0.3) is 11.6 Å². The Morgan fingerprint density at radius 1 is 1.26 bits per heavy atom. The number of non-ortho nitro benzene ring substituents is 1. The number of hydrogen-bond acceptors (Lipinski definition) is 5. The molecule has 1 aliphatic heterocycles. The minimum absolute atomic E-state index is 0.0469. The zero-order valence-electron chi connectivity index (χ0n) is 16.5. The van der Waals surface area contributed by atoms with E-state index in [1.54, 1.807) is 24.0 Å². The van der Waals surface area contributed by atoms with Crippen LogP contribution in [-0.2, 0) is 13.0 Å². The molecule has 2 aromatic carbocycles. The van der Waals surface area contributed by atoms with Crippen LogP contribution in [0.2, 0.25) is 0 Å². The summed E-state index contributed by atoms with van der Waals surface area (Å²) in [7, 11) is 0. The molecular weight excluding hydrogens is 464 g/mol. The summed E-state index contributed by atoms with van der Waals surface area (Å²) in [5.74, 6) is -0.204. The molecule has 1 amide bonds. The Morgan fingerprint density at radius 2 is 2.06 bits per heavy atom. The van der Waals surface area contributed by atoms with Crippen molar-refractivity contribution in [1.82, 2.24) is 24.9 Å². The molecule has 0 spiro atoms. The van der Waals surface area contributed by atoms with Gasteiger partial charge in [0.15, 0.2) is 5.69 Å². The van der Waals surface area contributed by atoms with Crippen LogP contribution in [0.15, 0.2) is 46.9 Å². The van der Waals surface area contributed by atoms with Crippen molar-refractivity contribution in [3.63, 3.8) is 0 Å². The molecule has 31 heavy (non-hydrogen) atoms. The average Bonchev–Trinajstić information content (AvgIpc) is 3.34. The van der Waals surface area contributed by atoms with Crippen LogP contribution in [0.25, 0.3) is 16.6 Å². The number of nitrogens with one attached hydrogen (secondary N) is 1. The summed E-state index contributed by atoms with van der Waals surface area (Å²) in [6.45, 7) is 2.79. The van der Waals surface area contributed by atoms with E-state index in [0.717, 1.165) is 33.1 Å². The number of hydrogen-bond donors (Lipinski definition) is 1. The summed E-state index contributed by atoms with van der Waals surface area (Å²) in [6.07, 6.45) is 0.722. The van der Waals surface area contributed by atoms with Gasteiger partial charge in [0.1, 0.15) is 0 Å². The zero-order chi connectivity index (χ0) is 21.7. The number of nitro groups is 1. The van der Waals surface area contributed by atoms with Gasteiger partial charge in [-0.1, -0.05) is 23.4 Å². The highest BCUT2D eigenvalue weighted by Gasteiger charge is 2.28. The van der Waals surface area contributed by atoms with Crippen molar-refractivity contribution in [2.75, 3.05) is 6.54 Å². The van der Waals surface area contributed by atoms with Crippen molar-refractivity contribution >= 4 is 38.4 Å². The first kappa shape index (κ1) is 19.4. The van der Waals surface area contributed by atoms with Gasteiger partial charge in [0.05, 0.1) is 21.8 Å². The van der Waals surface area contributed by atoms with Crippen LogP contribution in [0.4, 0.5) is 5.69 Å². The Hall–Kier alpha value is -3.53. The molecule has 0 fully saturated rings. The van der Waals surface area contributed by atoms with Gasteiger partial charge < -0.3 is 9.88 Å². The summed E-state index contributed by atoms with van der Waals surface area (Å²) in [4.78, 5) is 29.1. The van der Waals surface area contributed by atoms with Crippen LogP contribution in [0.3, 0.4) is 0 Å². The molecule has 1 aliphatic rings. The van der Waals surface area contributed by atoms with Gasteiger partial charge in [0, 0.05) is 52.8 Å². The predicted molar refractivity (Wildman–Crippen MR) is 117 cm³/mol. The van der Waals surface area contributed by atoms with Gasteiger partial charge in [-0.3, -0.25) is 14.9 Å². The normalized spacial score (nSPS) is 13.4. The lowest BCUT2D eigenvalue weighted by molar-refractivity contribution is -0.384. The van der Waals surface area contributed by atoms with Crippen LogP contribution in [0, 0.1) is 17.0 Å². The molecule has 156 valence electrons. The molecule has 0 aliphatic carbocycles. The Kier molecular flexibility index (Phi) is 4.58. The standard InChI is InChI=1S/C21H17BrN6O3/c1-12-19(24-25-27(12)13-4-2-5-14(10-13)28(30)31)21(29)26-9-8-18-16(11-26)15-6-3-7-17(22)20(15)23-18/h2-7,10,23H,8-9,11H2,1H3. The third-order valence-electron chi connectivity index (χ3n) is 5.63. The number of carbonyl (C=O) groups excluding carboxylic acids is 1. The number of nitrogens with zero attached hydrogens (tertiary/aromatic N) is 5. The Balaban J connectivity index is 1.46. The number of carbonyl (C=O) groups is 1. The lowest BCUT2D eigenvalue weighted by atomic mass is 10.0. The van der Waals surface area contributed by atoms with Gasteiger partial charge >= 0.3 is 0 Å². The fourth-order valence-corrected chi connectivity index (χ4v) is 4.50. The second kappa shape index (κ2) is 7.31. The third kappa shape index (κ3) is 3.19. The van der Waals surface area contributed by atoms with E-state index in [0.29, 0.717) is 24.5 Å². The highest BCUT2D eigenvalue weighted by molar-refractivity contribution is 9.10. The number of rotatable bonds is 3. The van der Waals surface area contributed by atoms with Crippen molar-refractivity contribution in [3.05, 3.63) is 79.7 Å². The number of halogens is 1. The van der Waals surface area contributed by atoms with Gasteiger partial charge in [-0.05, 0) is 35.0 Å². The van der Waals surface area contributed by atoms with Gasteiger partial charge in [0.2, 0.25) is 0 Å². The van der Waals surface area contributed by atoms with Crippen molar-refractivity contribution in [3.8, 4) is 5.69 Å². The maximum atomic E-state index is 13.3. The Bertz CT molecular complexity index is 1360. The van der Waals surface area contributed by atoms with Crippen molar-refractivity contribution in [2.45, 2.75) is 19.9 Å². The zero-order valence-corrected chi connectivity index (χ0v) is 18.1. The maximum absolute atomic E-state index is 13.3. The van der Waals surface area contributed by atoms with Crippen LogP contribution >= 0.6 is 15.9 Å². The summed E-state index contributed by atoms with van der Waals surface area (Å²) >= 11 is 3.58. The van der Waals surface area contributed by atoms with Gasteiger partial charge in [-0.2, -0.15) is 0 Å². The first-order chi connectivity index (χ1) is 14.9. The molecule has 0 bridgehead atoms. The molecule has 0 radical (unpaired) electrons. The van der Waals surface area contributed by atoms with E-state index >= 15 is 0 Å². The molecule has 0 saturated carbocycles. The average molecular weight is 481 g/mol. The number of aromatic amines is 1. The van der Waals surface area contributed by atoms with E-state index in [1.165, 1.54) is 16.8 Å². The second-order valence-corrected chi connectivity index (χ2v) is 8.29. The van der Waals surface area contributed by atoms with E-state index in [9.17, 15) is 14.9 Å².